The Morgan fingerprint density at radius 3 is 2.48 bits per heavy atom. The van der Waals surface area contributed by atoms with Crippen molar-refractivity contribution >= 4 is 22.4 Å². The first-order valence-corrected chi connectivity index (χ1v) is 8.24. The van der Waals surface area contributed by atoms with Crippen LogP contribution in [0.15, 0.2) is 36.4 Å². The molecule has 1 aliphatic rings. The molecule has 0 atom stereocenters. The van der Waals surface area contributed by atoms with Crippen molar-refractivity contribution in [2.45, 2.75) is 18.9 Å². The zero-order valence-electron chi connectivity index (χ0n) is 14.2. The van der Waals surface area contributed by atoms with Crippen LogP contribution in [0, 0.1) is 0 Å². The molecule has 0 spiro atoms. The summed E-state index contributed by atoms with van der Waals surface area (Å²) in [6, 6.07) is 11.9. The van der Waals surface area contributed by atoms with Gasteiger partial charge in [0.1, 0.15) is 5.82 Å². The standard InChI is InChI=1S/C19H20N4O2/c1-24-16-9-14-15(10-17(16)25-2)22-18(11-4-3-5-12(20)8-11)23-19(14)21-13-6-7-13/h3-5,8-10,13H,6-7,20H2,1-2H3,(H,21,22,23). The first-order valence-electron chi connectivity index (χ1n) is 8.24. The van der Waals surface area contributed by atoms with E-state index in [2.05, 4.69) is 5.32 Å². The summed E-state index contributed by atoms with van der Waals surface area (Å²) in [4.78, 5) is 9.47. The van der Waals surface area contributed by atoms with Gasteiger partial charge in [-0.3, -0.25) is 0 Å². The highest BCUT2D eigenvalue weighted by molar-refractivity contribution is 5.93. The highest BCUT2D eigenvalue weighted by Crippen LogP contribution is 2.36. The van der Waals surface area contributed by atoms with Crippen LogP contribution in [0.5, 0.6) is 11.5 Å². The van der Waals surface area contributed by atoms with E-state index in [4.69, 9.17) is 25.2 Å². The van der Waals surface area contributed by atoms with Crippen molar-refractivity contribution in [3.63, 3.8) is 0 Å². The van der Waals surface area contributed by atoms with Crippen LogP contribution in [0.1, 0.15) is 12.8 Å². The molecule has 25 heavy (non-hydrogen) atoms. The van der Waals surface area contributed by atoms with E-state index in [1.54, 1.807) is 14.2 Å². The lowest BCUT2D eigenvalue weighted by atomic mass is 10.1. The molecule has 6 nitrogen and oxygen atoms in total. The van der Waals surface area contributed by atoms with Gasteiger partial charge in [0.05, 0.1) is 19.7 Å². The van der Waals surface area contributed by atoms with Crippen LogP contribution in [0.25, 0.3) is 22.3 Å². The summed E-state index contributed by atoms with van der Waals surface area (Å²) < 4.78 is 10.8. The third-order valence-electron chi connectivity index (χ3n) is 4.26. The number of aromatic nitrogens is 2. The van der Waals surface area contributed by atoms with Crippen molar-refractivity contribution in [1.29, 1.82) is 0 Å². The topological polar surface area (TPSA) is 82.3 Å². The number of hydrogen-bond donors (Lipinski definition) is 2. The van der Waals surface area contributed by atoms with E-state index in [0.29, 0.717) is 29.1 Å². The minimum atomic E-state index is 0.472. The summed E-state index contributed by atoms with van der Waals surface area (Å²) in [6.07, 6.45) is 2.32. The van der Waals surface area contributed by atoms with Gasteiger partial charge in [0.2, 0.25) is 0 Å². The summed E-state index contributed by atoms with van der Waals surface area (Å²) >= 11 is 0. The zero-order valence-corrected chi connectivity index (χ0v) is 14.2. The zero-order chi connectivity index (χ0) is 17.4. The van der Waals surface area contributed by atoms with Gasteiger partial charge in [0.25, 0.3) is 0 Å². The molecule has 1 fully saturated rings. The number of hydrogen-bond acceptors (Lipinski definition) is 6. The molecular formula is C19H20N4O2. The van der Waals surface area contributed by atoms with Gasteiger partial charge in [0, 0.05) is 28.7 Å². The fourth-order valence-electron chi connectivity index (χ4n) is 2.79. The molecule has 3 N–H and O–H groups in total. The maximum Gasteiger partial charge on any atom is 0.162 e. The van der Waals surface area contributed by atoms with Crippen molar-refractivity contribution in [3.05, 3.63) is 36.4 Å². The van der Waals surface area contributed by atoms with E-state index in [-0.39, 0.29) is 0 Å². The van der Waals surface area contributed by atoms with Crippen molar-refractivity contribution < 1.29 is 9.47 Å². The van der Waals surface area contributed by atoms with Crippen molar-refractivity contribution in [1.82, 2.24) is 9.97 Å². The molecule has 128 valence electrons. The van der Waals surface area contributed by atoms with E-state index in [0.717, 1.165) is 35.1 Å². The van der Waals surface area contributed by atoms with Crippen LogP contribution >= 0.6 is 0 Å². The Morgan fingerprint density at radius 2 is 1.80 bits per heavy atom. The van der Waals surface area contributed by atoms with Crippen LogP contribution in [-0.4, -0.2) is 30.2 Å². The van der Waals surface area contributed by atoms with Crippen LogP contribution in [0.2, 0.25) is 0 Å². The number of anilines is 2. The van der Waals surface area contributed by atoms with Gasteiger partial charge in [-0.15, -0.1) is 0 Å². The number of methoxy groups -OCH3 is 2. The third-order valence-corrected chi connectivity index (χ3v) is 4.26. The number of benzene rings is 2. The van der Waals surface area contributed by atoms with Crippen LogP contribution in [0.4, 0.5) is 11.5 Å². The Kier molecular flexibility index (Phi) is 3.80. The number of nitrogen functional groups attached to an aromatic ring is 1. The number of nitrogens with two attached hydrogens (primary N) is 1. The molecule has 0 radical (unpaired) electrons. The van der Waals surface area contributed by atoms with E-state index < -0.39 is 0 Å². The van der Waals surface area contributed by atoms with E-state index >= 15 is 0 Å². The van der Waals surface area contributed by atoms with Gasteiger partial charge in [-0.2, -0.15) is 0 Å². The maximum atomic E-state index is 5.91. The summed E-state index contributed by atoms with van der Waals surface area (Å²) in [5, 5.41) is 4.41. The average Bonchev–Trinajstić information content (AvgIpc) is 3.44. The van der Waals surface area contributed by atoms with Gasteiger partial charge in [-0.25, -0.2) is 9.97 Å². The van der Waals surface area contributed by atoms with Gasteiger partial charge < -0.3 is 20.5 Å². The van der Waals surface area contributed by atoms with Crippen LogP contribution in [-0.2, 0) is 0 Å². The lowest BCUT2D eigenvalue weighted by Crippen LogP contribution is -2.06. The minimum absolute atomic E-state index is 0.472. The molecule has 1 saturated carbocycles. The van der Waals surface area contributed by atoms with Crippen molar-refractivity contribution in [2.24, 2.45) is 0 Å². The first-order chi connectivity index (χ1) is 12.2. The predicted molar refractivity (Wildman–Crippen MR) is 99.1 cm³/mol. The van der Waals surface area contributed by atoms with Gasteiger partial charge >= 0.3 is 0 Å². The van der Waals surface area contributed by atoms with Crippen LogP contribution in [0.3, 0.4) is 0 Å². The third kappa shape index (κ3) is 3.03. The van der Waals surface area contributed by atoms with Gasteiger partial charge in [-0.05, 0) is 31.0 Å². The highest BCUT2D eigenvalue weighted by Gasteiger charge is 2.23. The van der Waals surface area contributed by atoms with E-state index in [1.807, 2.05) is 36.4 Å². The monoisotopic (exact) mass is 336 g/mol. The normalized spacial score (nSPS) is 13.7. The van der Waals surface area contributed by atoms with Gasteiger partial charge in [-0.1, -0.05) is 12.1 Å². The lowest BCUT2D eigenvalue weighted by Gasteiger charge is -2.14. The first kappa shape index (κ1) is 15.5. The second-order valence-corrected chi connectivity index (χ2v) is 6.16. The van der Waals surface area contributed by atoms with Gasteiger partial charge in [0.15, 0.2) is 17.3 Å². The molecule has 1 aromatic heterocycles. The molecule has 0 bridgehead atoms. The summed E-state index contributed by atoms with van der Waals surface area (Å²) in [5.41, 5.74) is 8.28. The van der Waals surface area contributed by atoms with E-state index in [9.17, 15) is 0 Å². The Balaban J connectivity index is 1.92. The minimum Gasteiger partial charge on any atom is -0.493 e. The molecule has 1 heterocycles. The second-order valence-electron chi connectivity index (χ2n) is 6.16. The smallest absolute Gasteiger partial charge is 0.162 e. The highest BCUT2D eigenvalue weighted by atomic mass is 16.5. The summed E-state index contributed by atoms with van der Waals surface area (Å²) in [7, 11) is 3.24. The largest absolute Gasteiger partial charge is 0.493 e. The predicted octanol–water partition coefficient (Wildman–Crippen LogP) is 3.47. The molecular weight excluding hydrogens is 316 g/mol. The number of nitrogens with zero attached hydrogens (tertiary/aromatic N) is 2. The number of ether oxygens (including phenoxy) is 2. The van der Waals surface area contributed by atoms with Crippen LogP contribution < -0.4 is 20.5 Å². The SMILES string of the molecule is COc1cc2nc(-c3cccc(N)c3)nc(NC3CC3)c2cc1OC. The molecule has 2 aromatic carbocycles. The summed E-state index contributed by atoms with van der Waals surface area (Å²) in [5.74, 6) is 2.75. The molecule has 0 amide bonds. The molecule has 6 heteroatoms. The van der Waals surface area contributed by atoms with E-state index in [1.165, 1.54) is 0 Å². The fourth-order valence-corrected chi connectivity index (χ4v) is 2.79. The fraction of sp³-hybridized carbons (Fsp3) is 0.263. The Labute approximate surface area is 146 Å². The number of nitrogens with one attached hydrogen (secondary N) is 1. The molecule has 0 unspecified atom stereocenters. The Morgan fingerprint density at radius 1 is 1.04 bits per heavy atom. The molecule has 4 rings (SSSR count). The van der Waals surface area contributed by atoms with Crippen molar-refractivity contribution in [2.75, 3.05) is 25.3 Å². The van der Waals surface area contributed by atoms with Crippen molar-refractivity contribution in [3.8, 4) is 22.9 Å². The second kappa shape index (κ2) is 6.12. The molecule has 3 aromatic rings. The molecule has 1 aliphatic carbocycles. The average molecular weight is 336 g/mol. The lowest BCUT2D eigenvalue weighted by molar-refractivity contribution is 0.356. The summed E-state index contributed by atoms with van der Waals surface area (Å²) in [6.45, 7) is 0. The maximum absolute atomic E-state index is 5.91. The number of rotatable bonds is 5. The molecule has 0 aliphatic heterocycles. The quantitative estimate of drug-likeness (QED) is 0.694. The Hall–Kier alpha value is -3.02. The Bertz CT molecular complexity index is 938. The molecule has 0 saturated heterocycles. The number of fused-ring (bicyclic) bond motifs is 1.